The summed E-state index contributed by atoms with van der Waals surface area (Å²) < 4.78 is 0.599. The molecule has 1 aromatic heterocycles. The maximum Gasteiger partial charge on any atom is 0.257 e. The third kappa shape index (κ3) is 5.79. The molecule has 0 fully saturated rings. The number of anilines is 2. The van der Waals surface area contributed by atoms with Crippen LogP contribution in [0, 0.1) is 13.8 Å². The summed E-state index contributed by atoms with van der Waals surface area (Å²) in [6, 6.07) is 12.5. The third-order valence-corrected chi connectivity index (χ3v) is 5.79. The highest BCUT2D eigenvalue weighted by atomic mass is 35.5. The fourth-order valence-electron chi connectivity index (χ4n) is 2.45. The molecule has 0 saturated heterocycles. The second-order valence-corrected chi connectivity index (χ2v) is 8.68. The van der Waals surface area contributed by atoms with Crippen molar-refractivity contribution in [3.63, 3.8) is 0 Å². The van der Waals surface area contributed by atoms with E-state index in [2.05, 4.69) is 20.8 Å². The minimum atomic E-state index is -0.236. The molecule has 28 heavy (non-hydrogen) atoms. The molecule has 6 nitrogen and oxygen atoms in total. The summed E-state index contributed by atoms with van der Waals surface area (Å²) in [5.41, 5.74) is 3.29. The number of carbonyl (C=O) groups excluding carboxylic acids is 2. The SMILES string of the molecule is Cc1cc(C)cc(C(=O)Nc2nnc(SCC(=O)Nc3ccc(Cl)cc3)s2)c1. The van der Waals surface area contributed by atoms with Crippen molar-refractivity contribution < 1.29 is 9.59 Å². The quantitative estimate of drug-likeness (QED) is 0.432. The zero-order chi connectivity index (χ0) is 20.1. The molecule has 2 N–H and O–H groups in total. The van der Waals surface area contributed by atoms with Gasteiger partial charge in [0.15, 0.2) is 4.34 Å². The van der Waals surface area contributed by atoms with Gasteiger partial charge >= 0.3 is 0 Å². The Morgan fingerprint density at radius 2 is 1.71 bits per heavy atom. The van der Waals surface area contributed by atoms with E-state index in [-0.39, 0.29) is 17.6 Å². The van der Waals surface area contributed by atoms with Crippen molar-refractivity contribution in [2.24, 2.45) is 0 Å². The van der Waals surface area contributed by atoms with E-state index >= 15 is 0 Å². The van der Waals surface area contributed by atoms with Crippen molar-refractivity contribution in [2.75, 3.05) is 16.4 Å². The number of nitrogens with one attached hydrogen (secondary N) is 2. The van der Waals surface area contributed by atoms with Crippen LogP contribution in [0.3, 0.4) is 0 Å². The maximum absolute atomic E-state index is 12.4. The highest BCUT2D eigenvalue weighted by Crippen LogP contribution is 2.26. The smallest absolute Gasteiger partial charge is 0.257 e. The molecule has 0 radical (unpaired) electrons. The predicted octanol–water partition coefficient (Wildman–Crippen LogP) is 4.79. The van der Waals surface area contributed by atoms with Crippen LogP contribution in [0.1, 0.15) is 21.5 Å². The summed E-state index contributed by atoms with van der Waals surface area (Å²) in [7, 11) is 0. The fraction of sp³-hybridized carbons (Fsp3) is 0.158. The van der Waals surface area contributed by atoms with Crippen LogP contribution in [0.4, 0.5) is 10.8 Å². The summed E-state index contributed by atoms with van der Waals surface area (Å²) in [6.45, 7) is 3.89. The van der Waals surface area contributed by atoms with Crippen LogP contribution in [0.25, 0.3) is 0 Å². The Morgan fingerprint density at radius 1 is 1.04 bits per heavy atom. The van der Waals surface area contributed by atoms with Gasteiger partial charge in [-0.1, -0.05) is 51.9 Å². The lowest BCUT2D eigenvalue weighted by Crippen LogP contribution is -2.13. The van der Waals surface area contributed by atoms with E-state index < -0.39 is 0 Å². The molecule has 144 valence electrons. The minimum Gasteiger partial charge on any atom is -0.325 e. The number of hydrogen-bond acceptors (Lipinski definition) is 6. The van der Waals surface area contributed by atoms with Gasteiger partial charge in [0.1, 0.15) is 0 Å². The van der Waals surface area contributed by atoms with Gasteiger partial charge in [0.05, 0.1) is 5.75 Å². The van der Waals surface area contributed by atoms with Crippen molar-refractivity contribution in [2.45, 2.75) is 18.2 Å². The summed E-state index contributed by atoms with van der Waals surface area (Å²) in [5, 5.41) is 14.5. The third-order valence-electron chi connectivity index (χ3n) is 3.57. The fourth-order valence-corrected chi connectivity index (χ4v) is 4.12. The molecule has 0 spiro atoms. The van der Waals surface area contributed by atoms with Crippen LogP contribution in [0.5, 0.6) is 0 Å². The van der Waals surface area contributed by atoms with E-state index in [1.165, 1.54) is 23.1 Å². The molecule has 3 aromatic rings. The Morgan fingerprint density at radius 3 is 2.39 bits per heavy atom. The van der Waals surface area contributed by atoms with Crippen LogP contribution in [0.2, 0.25) is 5.02 Å². The highest BCUT2D eigenvalue weighted by Gasteiger charge is 2.12. The molecule has 0 unspecified atom stereocenters. The lowest BCUT2D eigenvalue weighted by atomic mass is 10.1. The van der Waals surface area contributed by atoms with Crippen LogP contribution in [0.15, 0.2) is 46.8 Å². The molecule has 9 heteroatoms. The van der Waals surface area contributed by atoms with Crippen molar-refractivity contribution in [1.29, 1.82) is 0 Å². The van der Waals surface area contributed by atoms with Gasteiger partial charge in [-0.2, -0.15) is 0 Å². The first-order valence-corrected chi connectivity index (χ1v) is 10.5. The largest absolute Gasteiger partial charge is 0.325 e. The van der Waals surface area contributed by atoms with Gasteiger partial charge in [-0.05, 0) is 50.2 Å². The van der Waals surface area contributed by atoms with Crippen LogP contribution in [-0.4, -0.2) is 27.8 Å². The Kier molecular flexibility index (Phi) is 6.66. The zero-order valence-corrected chi connectivity index (χ0v) is 17.5. The van der Waals surface area contributed by atoms with Gasteiger partial charge < -0.3 is 5.32 Å². The molecule has 0 aliphatic carbocycles. The van der Waals surface area contributed by atoms with E-state index in [0.29, 0.717) is 25.7 Å². The maximum atomic E-state index is 12.4. The van der Waals surface area contributed by atoms with Crippen molar-refractivity contribution in [1.82, 2.24) is 10.2 Å². The van der Waals surface area contributed by atoms with Gasteiger partial charge in [-0.15, -0.1) is 10.2 Å². The van der Waals surface area contributed by atoms with E-state index in [4.69, 9.17) is 11.6 Å². The molecule has 2 aromatic carbocycles. The first kappa shape index (κ1) is 20.3. The highest BCUT2D eigenvalue weighted by molar-refractivity contribution is 8.01. The number of aryl methyl sites for hydroxylation is 2. The number of thioether (sulfide) groups is 1. The number of nitrogens with zero attached hydrogens (tertiary/aromatic N) is 2. The standard InChI is InChI=1S/C19H17ClN4O2S2/c1-11-7-12(2)9-13(8-11)17(26)22-18-23-24-19(28-18)27-10-16(25)21-15-5-3-14(20)4-6-15/h3-9H,10H2,1-2H3,(H,21,25)(H,22,23,26). The molecule has 0 aliphatic rings. The summed E-state index contributed by atoms with van der Waals surface area (Å²) in [6.07, 6.45) is 0. The number of rotatable bonds is 6. The predicted molar refractivity (Wildman–Crippen MR) is 115 cm³/mol. The average Bonchev–Trinajstić information content (AvgIpc) is 3.08. The topological polar surface area (TPSA) is 84.0 Å². The van der Waals surface area contributed by atoms with E-state index in [9.17, 15) is 9.59 Å². The molecule has 0 atom stereocenters. The summed E-state index contributed by atoms with van der Waals surface area (Å²) in [4.78, 5) is 24.4. The van der Waals surface area contributed by atoms with E-state index in [1.807, 2.05) is 32.0 Å². The van der Waals surface area contributed by atoms with Crippen molar-refractivity contribution in [3.05, 3.63) is 64.2 Å². The number of aromatic nitrogens is 2. The molecule has 1 heterocycles. The molecule has 0 bridgehead atoms. The number of amides is 2. The van der Waals surface area contributed by atoms with Crippen molar-refractivity contribution >= 4 is 57.3 Å². The lowest BCUT2D eigenvalue weighted by molar-refractivity contribution is -0.113. The second kappa shape index (κ2) is 9.18. The number of carbonyl (C=O) groups is 2. The Labute approximate surface area is 175 Å². The Hall–Kier alpha value is -2.42. The van der Waals surface area contributed by atoms with E-state index in [0.717, 1.165) is 11.1 Å². The second-order valence-electron chi connectivity index (χ2n) is 6.05. The van der Waals surface area contributed by atoms with Crippen LogP contribution < -0.4 is 10.6 Å². The lowest BCUT2D eigenvalue weighted by Gasteiger charge is -2.04. The number of benzene rings is 2. The van der Waals surface area contributed by atoms with Gasteiger partial charge in [0, 0.05) is 16.3 Å². The van der Waals surface area contributed by atoms with Crippen LogP contribution >= 0.6 is 34.7 Å². The molecular formula is C19H17ClN4O2S2. The van der Waals surface area contributed by atoms with Gasteiger partial charge in [0.25, 0.3) is 5.91 Å². The normalized spacial score (nSPS) is 10.5. The number of hydrogen-bond donors (Lipinski definition) is 2. The molecular weight excluding hydrogens is 416 g/mol. The van der Waals surface area contributed by atoms with Crippen LogP contribution in [-0.2, 0) is 4.79 Å². The molecule has 0 aliphatic heterocycles. The van der Waals surface area contributed by atoms with Gasteiger partial charge in [-0.25, -0.2) is 0 Å². The molecule has 2 amide bonds. The summed E-state index contributed by atoms with van der Waals surface area (Å²) >= 11 is 8.30. The Balaban J connectivity index is 1.53. The van der Waals surface area contributed by atoms with Gasteiger partial charge in [0.2, 0.25) is 11.0 Å². The monoisotopic (exact) mass is 432 g/mol. The minimum absolute atomic E-state index is 0.164. The Bertz CT molecular complexity index is 985. The molecule has 3 rings (SSSR count). The number of halogens is 1. The summed E-state index contributed by atoms with van der Waals surface area (Å²) in [5.74, 6) is -0.217. The molecule has 0 saturated carbocycles. The average molecular weight is 433 g/mol. The van der Waals surface area contributed by atoms with Crippen molar-refractivity contribution in [3.8, 4) is 0 Å². The zero-order valence-electron chi connectivity index (χ0n) is 15.2. The first-order valence-electron chi connectivity index (χ1n) is 8.30. The first-order chi connectivity index (χ1) is 13.4. The van der Waals surface area contributed by atoms with Gasteiger partial charge in [-0.3, -0.25) is 14.9 Å². The van der Waals surface area contributed by atoms with E-state index in [1.54, 1.807) is 24.3 Å².